The first-order chi connectivity index (χ1) is 32.2. The Hall–Kier alpha value is -6.84. The summed E-state index contributed by atoms with van der Waals surface area (Å²) in [6.07, 6.45) is 7.93. The number of nitrogens with one attached hydrogen (secondary N) is 2. The van der Waals surface area contributed by atoms with Crippen molar-refractivity contribution in [1.82, 2.24) is 30.2 Å². The van der Waals surface area contributed by atoms with Gasteiger partial charge in [0.05, 0.1) is 49.4 Å². The number of carbonyl (C=O) groups is 3. The second-order valence-electron chi connectivity index (χ2n) is 18.0. The maximum absolute atomic E-state index is 14.6. The van der Waals surface area contributed by atoms with Crippen molar-refractivity contribution in [3.63, 3.8) is 0 Å². The Balaban J connectivity index is 0.875. The molecule has 5 heterocycles. The number of piperidine rings is 1. The van der Waals surface area contributed by atoms with E-state index >= 15 is 0 Å². The van der Waals surface area contributed by atoms with Crippen LogP contribution in [0.25, 0.3) is 22.3 Å². The maximum atomic E-state index is 14.6. The fraction of sp³-hybridized carbons (Fsp3) is 0.440. The van der Waals surface area contributed by atoms with Crippen molar-refractivity contribution in [2.45, 2.75) is 83.7 Å². The first-order valence-corrected chi connectivity index (χ1v) is 23.0. The number of benzene rings is 3. The number of aromatic amines is 1. The number of aryl methyl sites for hydroxylation is 2. The third-order valence-electron chi connectivity index (χ3n) is 13.6. The molecule has 5 aromatic rings. The van der Waals surface area contributed by atoms with Crippen molar-refractivity contribution >= 4 is 34.7 Å². The van der Waals surface area contributed by atoms with E-state index in [0.717, 1.165) is 60.9 Å². The van der Waals surface area contributed by atoms with Crippen LogP contribution >= 0.6 is 0 Å². The number of likely N-dealkylation sites (tertiary alicyclic amines) is 1. The molecule has 2 saturated carbocycles. The van der Waals surface area contributed by atoms with Crippen molar-refractivity contribution in [1.29, 1.82) is 0 Å². The van der Waals surface area contributed by atoms with Gasteiger partial charge in [0.25, 0.3) is 0 Å². The summed E-state index contributed by atoms with van der Waals surface area (Å²) in [6, 6.07) is 16.2. The third-order valence-corrected chi connectivity index (χ3v) is 13.6. The molecule has 0 radical (unpaired) electrons. The van der Waals surface area contributed by atoms with Crippen LogP contribution < -0.4 is 33.7 Å². The number of fused-ring (bicyclic) bond motifs is 3. The highest BCUT2D eigenvalue weighted by Crippen LogP contribution is 2.49. The summed E-state index contributed by atoms with van der Waals surface area (Å²) in [7, 11) is 3.22. The lowest BCUT2D eigenvalue weighted by atomic mass is 9.73. The zero-order valence-electron chi connectivity index (χ0n) is 37.8. The molecule has 3 aromatic carbocycles. The summed E-state index contributed by atoms with van der Waals surface area (Å²) in [4.78, 5) is 57.0. The van der Waals surface area contributed by atoms with E-state index in [1.165, 1.54) is 6.33 Å². The van der Waals surface area contributed by atoms with Crippen LogP contribution in [-0.4, -0.2) is 101 Å². The molecule has 0 spiro atoms. The van der Waals surface area contributed by atoms with E-state index in [-0.39, 0.29) is 48.7 Å². The molecular weight excluding hydrogens is 843 g/mol. The van der Waals surface area contributed by atoms with Gasteiger partial charge in [-0.05, 0) is 94.2 Å². The Morgan fingerprint density at radius 3 is 2.39 bits per heavy atom. The van der Waals surface area contributed by atoms with Crippen LogP contribution in [0.5, 0.6) is 34.5 Å². The molecule has 3 amide bonds. The maximum Gasteiger partial charge on any atom is 0.413 e. The predicted molar refractivity (Wildman–Crippen MR) is 244 cm³/mol. The van der Waals surface area contributed by atoms with Crippen LogP contribution in [0, 0.1) is 31.6 Å². The Labute approximate surface area is 382 Å². The van der Waals surface area contributed by atoms with E-state index in [0.29, 0.717) is 95.2 Å². The number of aromatic nitrogens is 3. The number of hydrogen-bond donors (Lipinski definition) is 2. The molecule has 2 aromatic heterocycles. The van der Waals surface area contributed by atoms with Crippen LogP contribution in [-0.2, 0) is 16.0 Å². The number of hydrazone groups is 1. The third kappa shape index (κ3) is 8.44. The highest BCUT2D eigenvalue weighted by atomic mass is 16.7. The summed E-state index contributed by atoms with van der Waals surface area (Å²) >= 11 is 0. The van der Waals surface area contributed by atoms with Crippen molar-refractivity contribution in [3.05, 3.63) is 83.3 Å². The van der Waals surface area contributed by atoms with Crippen LogP contribution in [0.3, 0.4) is 0 Å². The quantitative estimate of drug-likeness (QED) is 0.119. The molecule has 2 N–H and O–H groups in total. The van der Waals surface area contributed by atoms with Crippen LogP contribution in [0.2, 0.25) is 0 Å². The van der Waals surface area contributed by atoms with Gasteiger partial charge in [-0.3, -0.25) is 9.59 Å². The van der Waals surface area contributed by atoms with E-state index < -0.39 is 12.1 Å². The molecule has 3 aliphatic heterocycles. The number of ether oxygens (including phenoxy) is 6. The largest absolute Gasteiger partial charge is 0.493 e. The Kier molecular flexibility index (Phi) is 11.9. The summed E-state index contributed by atoms with van der Waals surface area (Å²) in [5.41, 5.74) is 6.34. The molecule has 66 heavy (non-hydrogen) atoms. The first kappa shape index (κ1) is 43.1. The van der Waals surface area contributed by atoms with Gasteiger partial charge in [0.1, 0.15) is 29.3 Å². The lowest BCUT2D eigenvalue weighted by Crippen LogP contribution is -2.56. The fourth-order valence-corrected chi connectivity index (χ4v) is 9.87. The smallest absolute Gasteiger partial charge is 0.413 e. The number of rotatable bonds is 13. The summed E-state index contributed by atoms with van der Waals surface area (Å²) < 4.78 is 35.1. The molecule has 10 rings (SSSR count). The highest BCUT2D eigenvalue weighted by molar-refractivity contribution is 6.07. The van der Waals surface area contributed by atoms with E-state index in [4.69, 9.17) is 33.5 Å². The van der Waals surface area contributed by atoms with Gasteiger partial charge in [-0.1, -0.05) is 42.7 Å². The number of nitrogens with zero attached hydrogens (tertiary/aromatic N) is 5. The SMILES string of the molecule is COc1ccc(C2=NN(C3CCN(C(=O)[C@@H](Cc4ccc(C)cc4)NC(=O)Oc4c(C)[nH]c5c(-c6c(OCC7CC7)ccc7c6OCO7)ncnc45)CC3)C(=O)[C@@H]3CCCC[C@H]23)cc1OC. The number of hydrogen-bond acceptors (Lipinski definition) is 12. The predicted octanol–water partition coefficient (Wildman–Crippen LogP) is 7.52. The van der Waals surface area contributed by atoms with Gasteiger partial charge in [0.15, 0.2) is 28.7 Å². The van der Waals surface area contributed by atoms with Gasteiger partial charge in [0, 0.05) is 36.9 Å². The van der Waals surface area contributed by atoms with Gasteiger partial charge in [-0.25, -0.2) is 19.8 Å². The van der Waals surface area contributed by atoms with Gasteiger partial charge in [0.2, 0.25) is 18.6 Å². The standard InChI is InChI=1S/C50H55N7O9/c1-28-9-11-30(12-10-28)23-36(49(59)56-21-19-33(20-22-56)57-48(58)35-8-6-5-7-34(35)42(55-57)32-15-16-37(61-3)40(24-32)62-4)54-50(60)66-46-29(2)53-44-43(51-26-52-45(44)46)41-38(63-25-31-13-14-31)17-18-39-47(41)65-27-64-39/h9-12,15-18,24,26,31,33-36,53H,5-8,13-14,19-23,25,27H2,1-4H3,(H,54,60)/t34-,35+,36+/m0/s1. The fourth-order valence-electron chi connectivity index (χ4n) is 9.87. The number of carbonyl (C=O) groups excluding carboxylic acids is 3. The number of amides is 3. The topological polar surface area (TPSA) is 179 Å². The van der Waals surface area contributed by atoms with Gasteiger partial charge >= 0.3 is 6.09 Å². The number of H-pyrrole nitrogens is 1. The summed E-state index contributed by atoms with van der Waals surface area (Å²) in [5.74, 6) is 3.35. The minimum Gasteiger partial charge on any atom is -0.493 e. The number of methoxy groups -OCH3 is 2. The molecule has 16 heteroatoms. The average molecular weight is 898 g/mol. The molecule has 16 nitrogen and oxygen atoms in total. The van der Waals surface area contributed by atoms with Crippen molar-refractivity contribution in [3.8, 4) is 45.8 Å². The molecule has 1 saturated heterocycles. The first-order valence-electron chi connectivity index (χ1n) is 23.0. The minimum atomic E-state index is -0.947. The lowest BCUT2D eigenvalue weighted by molar-refractivity contribution is -0.143. The molecule has 3 fully saturated rings. The van der Waals surface area contributed by atoms with Crippen molar-refractivity contribution < 1.29 is 42.8 Å². The molecule has 0 bridgehead atoms. The molecular formula is C50H55N7O9. The zero-order valence-corrected chi connectivity index (χ0v) is 37.8. The summed E-state index contributed by atoms with van der Waals surface area (Å²) in [6.45, 7) is 5.20. The monoisotopic (exact) mass is 897 g/mol. The Morgan fingerprint density at radius 1 is 0.879 bits per heavy atom. The molecule has 5 aliphatic rings. The molecule has 0 unspecified atom stereocenters. The van der Waals surface area contributed by atoms with Gasteiger partial charge in [-0.2, -0.15) is 5.10 Å². The lowest BCUT2D eigenvalue weighted by Gasteiger charge is -2.43. The zero-order chi connectivity index (χ0) is 45.5. The van der Waals surface area contributed by atoms with Gasteiger partial charge in [-0.15, -0.1) is 0 Å². The van der Waals surface area contributed by atoms with Crippen LogP contribution in [0.1, 0.15) is 73.8 Å². The van der Waals surface area contributed by atoms with Crippen LogP contribution in [0.15, 0.2) is 66.0 Å². The average Bonchev–Trinajstić information content (AvgIpc) is 3.96. The van der Waals surface area contributed by atoms with E-state index in [1.807, 2.05) is 61.5 Å². The van der Waals surface area contributed by atoms with E-state index in [9.17, 15) is 14.4 Å². The highest BCUT2D eigenvalue weighted by Gasteiger charge is 2.44. The second kappa shape index (κ2) is 18.2. The molecule has 3 atom stereocenters. The Bertz CT molecular complexity index is 2690. The van der Waals surface area contributed by atoms with Gasteiger partial charge < -0.3 is 43.6 Å². The van der Waals surface area contributed by atoms with Crippen molar-refractivity contribution in [2.75, 3.05) is 40.7 Å². The Morgan fingerprint density at radius 2 is 1.64 bits per heavy atom. The van der Waals surface area contributed by atoms with E-state index in [2.05, 4.69) is 20.3 Å². The van der Waals surface area contributed by atoms with E-state index in [1.54, 1.807) is 31.1 Å². The summed E-state index contributed by atoms with van der Waals surface area (Å²) in [5, 5.41) is 9.71. The van der Waals surface area contributed by atoms with Crippen LogP contribution in [0.4, 0.5) is 4.79 Å². The normalized spacial score (nSPS) is 19.8. The molecule has 2 aliphatic carbocycles. The van der Waals surface area contributed by atoms with Crippen molar-refractivity contribution in [2.24, 2.45) is 22.9 Å². The second-order valence-corrected chi connectivity index (χ2v) is 18.0. The minimum absolute atomic E-state index is 0.0245. The molecule has 344 valence electrons.